The number of carbonyl (C=O) groups is 2. The van der Waals surface area contributed by atoms with Crippen LogP contribution < -0.4 is 37.1 Å². The van der Waals surface area contributed by atoms with Gasteiger partial charge in [0.1, 0.15) is 17.8 Å². The third-order valence-corrected chi connectivity index (χ3v) is 9.24. The van der Waals surface area contributed by atoms with Crippen molar-refractivity contribution in [3.63, 3.8) is 0 Å². The second-order valence-corrected chi connectivity index (χ2v) is 12.1. The van der Waals surface area contributed by atoms with Crippen molar-refractivity contribution in [3.8, 4) is 5.75 Å². The molecule has 10 N–H and O–H groups in total. The van der Waals surface area contributed by atoms with Crippen LogP contribution in [-0.4, -0.2) is 88.1 Å². The molecule has 2 aromatic rings. The maximum Gasteiger partial charge on any atom is 0.343 e. The number of fused-ring (bicyclic) bond motifs is 1. The van der Waals surface area contributed by atoms with Gasteiger partial charge < -0.3 is 31.3 Å². The molecule has 4 atom stereocenters. The van der Waals surface area contributed by atoms with Gasteiger partial charge in [0, 0.05) is 12.1 Å². The molecule has 0 radical (unpaired) electrons. The Labute approximate surface area is 234 Å². The number of aliphatic imine (C=N–C) groups is 1. The van der Waals surface area contributed by atoms with E-state index in [1.807, 2.05) is 6.07 Å². The number of nitrogens with two attached hydrogens (primary N) is 2. The summed E-state index contributed by atoms with van der Waals surface area (Å²) in [7, 11) is 0. The van der Waals surface area contributed by atoms with Crippen molar-refractivity contribution in [2.75, 3.05) is 19.7 Å². The molecule has 2 amide bonds. The standard InChI is InChI=1S/C26H32N8O5S/c1-24(2)8-9-39-18-13(5-3-6-14(18)24)20(35)31-17-12-34-23(28)30-15(11-29-21(36)16-7-4-10-40-16)19-25(34,26(17,37)38)33-22(27)32-19/h3-7,10,15,17,19,37-38H,8-9,11-12H2,1-2H3,(H2,28,30)(H,29,36)(H,31,35)(H3,27,32,33)/p+1/t15-,17?,19-,25?/m0/s1. The predicted octanol–water partition coefficient (Wildman–Crippen LogP) is -2.91. The summed E-state index contributed by atoms with van der Waals surface area (Å²) in [5.74, 6) is -2.77. The van der Waals surface area contributed by atoms with Gasteiger partial charge in [-0.2, -0.15) is 0 Å². The second kappa shape index (κ2) is 9.08. The van der Waals surface area contributed by atoms with Crippen LogP contribution in [-0.2, 0) is 5.41 Å². The molecular weight excluding hydrogens is 536 g/mol. The summed E-state index contributed by atoms with van der Waals surface area (Å²) in [4.78, 5) is 35.7. The number of benzene rings is 1. The van der Waals surface area contributed by atoms with Crippen molar-refractivity contribution in [1.82, 2.24) is 20.9 Å². The van der Waals surface area contributed by atoms with Gasteiger partial charge in [0.15, 0.2) is 12.0 Å². The average molecular weight is 570 g/mol. The number of ether oxygens (including phenoxy) is 1. The largest absolute Gasteiger partial charge is 0.492 e. The minimum atomic E-state index is -2.56. The highest BCUT2D eigenvalue weighted by Crippen LogP contribution is 2.43. The van der Waals surface area contributed by atoms with Crippen molar-refractivity contribution >= 4 is 35.1 Å². The fourth-order valence-electron chi connectivity index (χ4n) is 6.21. The fraction of sp³-hybridized carbons (Fsp3) is 0.462. The Balaban J connectivity index is 1.27. The normalized spacial score (nSPS) is 29.1. The van der Waals surface area contributed by atoms with Gasteiger partial charge in [0.2, 0.25) is 5.79 Å². The van der Waals surface area contributed by atoms with Gasteiger partial charge in [0.25, 0.3) is 17.5 Å². The van der Waals surface area contributed by atoms with E-state index in [0.29, 0.717) is 22.8 Å². The number of para-hydroxylation sites is 1. The molecule has 14 heteroatoms. The molecule has 1 fully saturated rings. The van der Waals surface area contributed by atoms with E-state index < -0.39 is 35.5 Å². The highest BCUT2D eigenvalue weighted by molar-refractivity contribution is 7.12. The van der Waals surface area contributed by atoms with Crippen LogP contribution in [0.2, 0.25) is 0 Å². The van der Waals surface area contributed by atoms with Crippen LogP contribution >= 0.6 is 11.3 Å². The SMILES string of the molecule is CC1(C)CCOc2c(C(=O)NC3CN4C(N)=N[C@@H](CNC(=O)c5cccs5)[C@@H]5[NH+]=C(N)NC54C3(O)O)cccc21. The first kappa shape index (κ1) is 26.3. The van der Waals surface area contributed by atoms with Crippen LogP contribution in [0.25, 0.3) is 0 Å². The van der Waals surface area contributed by atoms with Crippen LogP contribution in [0.5, 0.6) is 5.75 Å². The van der Waals surface area contributed by atoms with Crippen LogP contribution in [0, 0.1) is 0 Å². The van der Waals surface area contributed by atoms with Crippen molar-refractivity contribution in [1.29, 1.82) is 0 Å². The van der Waals surface area contributed by atoms with Crippen molar-refractivity contribution in [2.45, 2.75) is 55.3 Å². The Kier molecular flexibility index (Phi) is 5.98. The Morgan fingerprint density at radius 3 is 2.80 bits per heavy atom. The van der Waals surface area contributed by atoms with Gasteiger partial charge in [-0.3, -0.25) is 25.2 Å². The molecule has 1 aromatic heterocycles. The van der Waals surface area contributed by atoms with Crippen molar-refractivity contribution in [3.05, 3.63) is 51.7 Å². The molecule has 0 bridgehead atoms. The first-order valence-electron chi connectivity index (χ1n) is 13.1. The summed E-state index contributed by atoms with van der Waals surface area (Å²) >= 11 is 1.30. The number of guanidine groups is 2. The van der Waals surface area contributed by atoms with Crippen molar-refractivity contribution in [2.24, 2.45) is 16.5 Å². The van der Waals surface area contributed by atoms with E-state index in [4.69, 9.17) is 16.2 Å². The number of carbonyl (C=O) groups excluding carboxylic acids is 2. The molecule has 1 spiro atoms. The highest BCUT2D eigenvalue weighted by Gasteiger charge is 2.76. The fourth-order valence-corrected chi connectivity index (χ4v) is 6.85. The van der Waals surface area contributed by atoms with Gasteiger partial charge in [-0.25, -0.2) is 10.3 Å². The van der Waals surface area contributed by atoms with E-state index in [1.165, 1.54) is 16.2 Å². The molecule has 2 unspecified atom stereocenters. The lowest BCUT2D eigenvalue weighted by Crippen LogP contribution is -2.90. The van der Waals surface area contributed by atoms with Crippen LogP contribution in [0.3, 0.4) is 0 Å². The molecule has 5 heterocycles. The Bertz CT molecular complexity index is 1420. The van der Waals surface area contributed by atoms with E-state index in [1.54, 1.807) is 29.6 Å². The van der Waals surface area contributed by atoms with Gasteiger partial charge in [0.05, 0.1) is 23.6 Å². The third-order valence-electron chi connectivity index (χ3n) is 8.37. The van der Waals surface area contributed by atoms with E-state index in [2.05, 4.69) is 39.8 Å². The number of thiophene rings is 1. The quantitative estimate of drug-likeness (QED) is 0.174. The van der Waals surface area contributed by atoms with Gasteiger partial charge >= 0.3 is 5.96 Å². The lowest BCUT2D eigenvalue weighted by atomic mass is 9.79. The summed E-state index contributed by atoms with van der Waals surface area (Å²) in [6.07, 6.45) is 0.813. The Hall–Kier alpha value is -3.88. The molecule has 1 saturated heterocycles. The topological polar surface area (TPSA) is 202 Å². The zero-order valence-corrected chi connectivity index (χ0v) is 22.9. The molecule has 4 aliphatic heterocycles. The molecule has 0 aliphatic carbocycles. The molecule has 40 heavy (non-hydrogen) atoms. The van der Waals surface area contributed by atoms with Crippen LogP contribution in [0.15, 0.2) is 40.7 Å². The molecule has 4 aliphatic rings. The van der Waals surface area contributed by atoms with Crippen molar-refractivity contribution < 1.29 is 29.5 Å². The third kappa shape index (κ3) is 3.81. The predicted molar refractivity (Wildman–Crippen MR) is 147 cm³/mol. The monoisotopic (exact) mass is 569 g/mol. The molecule has 6 rings (SSSR count). The van der Waals surface area contributed by atoms with E-state index in [-0.39, 0.29) is 36.3 Å². The first-order chi connectivity index (χ1) is 19.0. The number of amides is 2. The first-order valence-corrected chi connectivity index (χ1v) is 14.0. The van der Waals surface area contributed by atoms with E-state index >= 15 is 0 Å². The summed E-state index contributed by atoms with van der Waals surface area (Å²) in [5.41, 5.74) is 11.8. The average Bonchev–Trinajstić information content (AvgIpc) is 3.61. The zero-order valence-electron chi connectivity index (χ0n) is 22.1. The lowest BCUT2D eigenvalue weighted by Gasteiger charge is -2.46. The molecule has 212 valence electrons. The number of hydrogen-bond acceptors (Lipinski definition) is 11. The molecule has 13 nitrogen and oxygen atoms in total. The van der Waals surface area contributed by atoms with E-state index in [9.17, 15) is 19.8 Å². The number of nitrogens with one attached hydrogen (secondary N) is 4. The summed E-state index contributed by atoms with van der Waals surface area (Å²) in [6, 6.07) is 6.15. The maximum atomic E-state index is 13.6. The summed E-state index contributed by atoms with van der Waals surface area (Å²) < 4.78 is 5.90. The van der Waals surface area contributed by atoms with E-state index in [0.717, 1.165) is 12.0 Å². The summed E-state index contributed by atoms with van der Waals surface area (Å²) in [6.45, 7) is 4.65. The Morgan fingerprint density at radius 2 is 2.05 bits per heavy atom. The number of rotatable bonds is 5. The Morgan fingerprint density at radius 1 is 1.25 bits per heavy atom. The number of aliphatic hydroxyl groups is 2. The van der Waals surface area contributed by atoms with Crippen LogP contribution in [0.4, 0.5) is 0 Å². The van der Waals surface area contributed by atoms with Gasteiger partial charge in [-0.15, -0.1) is 11.3 Å². The number of hydrogen-bond donors (Lipinski definition) is 8. The maximum absolute atomic E-state index is 13.6. The van der Waals surface area contributed by atoms with Gasteiger partial charge in [-0.1, -0.05) is 32.0 Å². The lowest BCUT2D eigenvalue weighted by molar-refractivity contribution is -0.521. The molecular formula is C26H33N8O5S+. The minimum Gasteiger partial charge on any atom is -0.492 e. The highest BCUT2D eigenvalue weighted by atomic mass is 32.1. The van der Waals surface area contributed by atoms with Gasteiger partial charge in [-0.05, 0) is 29.3 Å². The van der Waals surface area contributed by atoms with Crippen LogP contribution in [0.1, 0.15) is 45.9 Å². The zero-order chi connectivity index (χ0) is 28.4. The molecule has 0 saturated carbocycles. The number of nitrogens with zero attached hydrogens (tertiary/aromatic N) is 2. The molecule has 1 aromatic carbocycles. The summed E-state index contributed by atoms with van der Waals surface area (Å²) in [5, 5.41) is 33.8. The minimum absolute atomic E-state index is 0.0158. The smallest absolute Gasteiger partial charge is 0.343 e. The second-order valence-electron chi connectivity index (χ2n) is 11.2.